The number of nitrogens with zero attached hydrogens (tertiary/aromatic N) is 11. The molecule has 8 rings (SSSR count). The number of methoxy groups -OCH3 is 1. The van der Waals surface area contributed by atoms with Crippen molar-refractivity contribution in [3.8, 4) is 23.1 Å². The maximum atomic E-state index is 14.8. The molecule has 14 nitrogen and oxygen atoms in total. The number of carbonyl (C=O) groups excluding carboxylic acids is 1. The van der Waals surface area contributed by atoms with Crippen molar-refractivity contribution < 1.29 is 23.0 Å². The largest absolute Gasteiger partial charge is 0.458 e. The quantitative estimate of drug-likeness (QED) is 0.251. The van der Waals surface area contributed by atoms with Crippen LogP contribution in [0.4, 0.5) is 14.6 Å². The summed E-state index contributed by atoms with van der Waals surface area (Å²) in [6, 6.07) is 6.09. The Hall–Kier alpha value is -5.35. The van der Waals surface area contributed by atoms with E-state index in [1.54, 1.807) is 42.4 Å². The van der Waals surface area contributed by atoms with E-state index >= 15 is 0 Å². The molecule has 2 aliphatic heterocycles. The van der Waals surface area contributed by atoms with Crippen LogP contribution in [0.1, 0.15) is 12.2 Å². The molecule has 6 aromatic rings. The summed E-state index contributed by atoms with van der Waals surface area (Å²) >= 11 is 6.44. The normalized spacial score (nSPS) is 19.7. The number of fused-ring (bicyclic) bond motifs is 6. The minimum absolute atomic E-state index is 0.0299. The van der Waals surface area contributed by atoms with Crippen molar-refractivity contribution in [2.24, 2.45) is 0 Å². The Morgan fingerprint density at radius 2 is 1.86 bits per heavy atom. The number of hydrogen-bond acceptors (Lipinski definition) is 11. The second-order valence-electron chi connectivity index (χ2n) is 11.9. The molecular formula is C32H28ClF2N11O3. The molecule has 250 valence electrons. The van der Waals surface area contributed by atoms with Gasteiger partial charge in [0, 0.05) is 45.6 Å². The van der Waals surface area contributed by atoms with E-state index in [0.29, 0.717) is 29.1 Å². The van der Waals surface area contributed by atoms with Crippen molar-refractivity contribution in [3.63, 3.8) is 0 Å². The van der Waals surface area contributed by atoms with Crippen LogP contribution in [-0.2, 0) is 16.1 Å². The highest BCUT2D eigenvalue weighted by atomic mass is 35.5. The number of benzene rings is 1. The van der Waals surface area contributed by atoms with Gasteiger partial charge in [-0.05, 0) is 42.8 Å². The van der Waals surface area contributed by atoms with Crippen LogP contribution in [0.15, 0.2) is 48.9 Å². The lowest BCUT2D eigenvalue weighted by atomic mass is 10.1. The third kappa shape index (κ3) is 5.36. The predicted molar refractivity (Wildman–Crippen MR) is 173 cm³/mol. The molecular weight excluding hydrogens is 660 g/mol. The van der Waals surface area contributed by atoms with Gasteiger partial charge in [0.15, 0.2) is 11.5 Å². The summed E-state index contributed by atoms with van der Waals surface area (Å²) in [5.74, 6) is -0.726. The molecule has 1 saturated heterocycles. The van der Waals surface area contributed by atoms with Crippen molar-refractivity contribution >= 4 is 45.4 Å². The average Bonchev–Trinajstić information content (AvgIpc) is 3.78. The molecule has 1 amide bonds. The highest BCUT2D eigenvalue weighted by molar-refractivity contribution is 6.28. The number of aromatic nitrogens is 9. The van der Waals surface area contributed by atoms with Gasteiger partial charge < -0.3 is 23.8 Å². The Morgan fingerprint density at radius 1 is 1.02 bits per heavy atom. The minimum atomic E-state index is -0.835. The number of rotatable bonds is 3. The van der Waals surface area contributed by atoms with Crippen LogP contribution in [0.2, 0.25) is 5.28 Å². The lowest BCUT2D eigenvalue weighted by Crippen LogP contribution is -2.47. The Morgan fingerprint density at radius 3 is 2.67 bits per heavy atom. The van der Waals surface area contributed by atoms with Gasteiger partial charge in [0.2, 0.25) is 11.2 Å². The van der Waals surface area contributed by atoms with Crippen LogP contribution in [0.25, 0.3) is 39.1 Å². The zero-order chi connectivity index (χ0) is 34.0. The van der Waals surface area contributed by atoms with Crippen molar-refractivity contribution in [1.82, 2.24) is 49.2 Å². The summed E-state index contributed by atoms with van der Waals surface area (Å²) in [6.07, 6.45) is 4.05. The third-order valence-corrected chi connectivity index (χ3v) is 9.08. The number of carbonyl (C=O) groups is 1. The molecule has 49 heavy (non-hydrogen) atoms. The molecule has 0 saturated carbocycles. The summed E-state index contributed by atoms with van der Waals surface area (Å²) in [5.41, 5.74) is 2.84. The van der Waals surface area contributed by atoms with Crippen LogP contribution in [0, 0.1) is 18.6 Å². The van der Waals surface area contributed by atoms with Crippen LogP contribution in [0.5, 0.6) is 6.01 Å². The lowest BCUT2D eigenvalue weighted by molar-refractivity contribution is -0.133. The van der Waals surface area contributed by atoms with E-state index in [2.05, 4.69) is 25.0 Å². The number of ether oxygens (including phenoxy) is 2. The number of anilines is 1. The number of amides is 1. The van der Waals surface area contributed by atoms with Gasteiger partial charge in [-0.15, -0.1) is 0 Å². The Bertz CT molecular complexity index is 2260. The van der Waals surface area contributed by atoms with Crippen LogP contribution >= 0.6 is 11.6 Å². The first-order chi connectivity index (χ1) is 23.7. The van der Waals surface area contributed by atoms with Gasteiger partial charge in [-0.1, -0.05) is 0 Å². The zero-order valence-electron chi connectivity index (χ0n) is 26.5. The number of aryl methyl sites for hydroxylation is 1. The van der Waals surface area contributed by atoms with Gasteiger partial charge in [-0.2, -0.15) is 20.1 Å². The standard InChI is InChI=1S/C32H28ClF2N11O3/c1-16-39-23-7-8-36-26-22-6-9-37-32(40-22)49-18-11-25(30(47)43(2)13-19(48-3)15-44(16)27(23)26)45(14-18)28-20-12-38-46(29(20)42-31(33)41-28)24-5-4-17(34)10-21(24)35/h4-10,12,18-19,25H,11,13-15H2,1-3H3/t18-,19-,25-/m0/s1. The van der Waals surface area contributed by atoms with Gasteiger partial charge in [0.25, 0.3) is 0 Å². The fraction of sp³-hybridized carbons (Fsp3) is 0.312. The molecule has 0 aliphatic carbocycles. The molecule has 5 aromatic heterocycles. The van der Waals surface area contributed by atoms with Crippen molar-refractivity contribution in [2.45, 2.75) is 38.1 Å². The summed E-state index contributed by atoms with van der Waals surface area (Å²) in [6.45, 7) is 2.76. The number of hydrogen-bond donors (Lipinski definition) is 0. The van der Waals surface area contributed by atoms with E-state index in [9.17, 15) is 13.6 Å². The van der Waals surface area contributed by atoms with Gasteiger partial charge >= 0.3 is 6.01 Å². The van der Waals surface area contributed by atoms with Gasteiger partial charge in [-0.25, -0.2) is 23.4 Å². The number of halogens is 3. The summed E-state index contributed by atoms with van der Waals surface area (Å²) < 4.78 is 44.0. The van der Waals surface area contributed by atoms with Crippen molar-refractivity contribution in [3.05, 3.63) is 71.7 Å². The van der Waals surface area contributed by atoms with Gasteiger partial charge in [-0.3, -0.25) is 9.78 Å². The Kier molecular flexibility index (Phi) is 7.55. The monoisotopic (exact) mass is 687 g/mol. The van der Waals surface area contributed by atoms with E-state index in [4.69, 9.17) is 31.0 Å². The predicted octanol–water partition coefficient (Wildman–Crippen LogP) is 3.77. The summed E-state index contributed by atoms with van der Waals surface area (Å²) in [7, 11) is 3.32. The Balaban J connectivity index is 1.23. The molecule has 3 atom stereocenters. The molecule has 1 fully saturated rings. The van der Waals surface area contributed by atoms with Crippen LogP contribution in [-0.4, -0.2) is 101 Å². The summed E-state index contributed by atoms with van der Waals surface area (Å²) in [5, 5.41) is 4.59. The second kappa shape index (κ2) is 12.0. The van der Waals surface area contributed by atoms with Crippen LogP contribution in [0.3, 0.4) is 0 Å². The molecule has 7 heterocycles. The van der Waals surface area contributed by atoms with Gasteiger partial charge in [0.05, 0.1) is 47.5 Å². The van der Waals surface area contributed by atoms with Crippen LogP contribution < -0.4 is 9.64 Å². The molecule has 17 heteroatoms. The maximum absolute atomic E-state index is 14.8. The SMILES string of the molecule is CO[C@H]1CN(C)C(=O)[C@@H]2C[C@@H](CN2c2nc(Cl)nc3c2cnn3-c2ccc(F)cc2F)Oc2nccc(n2)-c2nccc3nc(C)n(c23)C1. The van der Waals surface area contributed by atoms with E-state index in [1.165, 1.54) is 16.9 Å². The van der Waals surface area contributed by atoms with Crippen molar-refractivity contribution in [1.29, 1.82) is 0 Å². The molecule has 0 unspecified atom stereocenters. The average molecular weight is 688 g/mol. The number of likely N-dealkylation sites (N-methyl/N-ethyl adjacent to an activating group) is 1. The first-order valence-electron chi connectivity index (χ1n) is 15.4. The fourth-order valence-electron chi connectivity index (χ4n) is 6.61. The minimum Gasteiger partial charge on any atom is -0.458 e. The Labute approximate surface area is 282 Å². The first-order valence-corrected chi connectivity index (χ1v) is 15.8. The number of imidazole rings is 1. The topological polar surface area (TPSA) is 142 Å². The molecule has 0 N–H and O–H groups in total. The molecule has 1 aromatic carbocycles. The maximum Gasteiger partial charge on any atom is 0.317 e. The van der Waals surface area contributed by atoms with Gasteiger partial charge in [0.1, 0.15) is 41.0 Å². The second-order valence-corrected chi connectivity index (χ2v) is 12.3. The van der Waals surface area contributed by atoms with E-state index in [-0.39, 0.29) is 48.0 Å². The fourth-order valence-corrected chi connectivity index (χ4v) is 6.77. The smallest absolute Gasteiger partial charge is 0.317 e. The highest BCUT2D eigenvalue weighted by Crippen LogP contribution is 2.35. The zero-order valence-corrected chi connectivity index (χ0v) is 27.2. The van der Waals surface area contributed by atoms with E-state index < -0.39 is 29.9 Å². The highest BCUT2D eigenvalue weighted by Gasteiger charge is 2.42. The lowest BCUT2D eigenvalue weighted by Gasteiger charge is -2.30. The number of pyridine rings is 1. The third-order valence-electron chi connectivity index (χ3n) is 8.91. The first kappa shape index (κ1) is 31.0. The molecule has 4 bridgehead atoms. The molecule has 0 radical (unpaired) electrons. The van der Waals surface area contributed by atoms with E-state index in [1.807, 2.05) is 17.6 Å². The molecule has 2 aliphatic rings. The summed E-state index contributed by atoms with van der Waals surface area (Å²) in [4.78, 5) is 45.1. The van der Waals surface area contributed by atoms with E-state index in [0.717, 1.165) is 29.0 Å². The van der Waals surface area contributed by atoms with Crippen molar-refractivity contribution in [2.75, 3.05) is 32.1 Å². The molecule has 0 spiro atoms.